The molecule has 0 rings (SSSR count). The van der Waals surface area contributed by atoms with Crippen LogP contribution in [0.4, 0.5) is 4.79 Å². The standard InChI is InChI=1S/C17H30N2O4/c1-2-3-6-10-15(20)11-9-14-19(17(18)23)13-8-5-4-7-12-16(21)22/h15,20H,2-8,10,12-14H2,1H3,(H2,18,23)(H,21,22)/t15-/m0/s1. The lowest BCUT2D eigenvalue weighted by atomic mass is 10.1. The quantitative estimate of drug-likeness (QED) is 0.378. The molecule has 0 radical (unpaired) electrons. The van der Waals surface area contributed by atoms with Gasteiger partial charge in [-0.2, -0.15) is 0 Å². The first-order chi connectivity index (χ1) is 11.0. The highest BCUT2D eigenvalue weighted by atomic mass is 16.4. The smallest absolute Gasteiger partial charge is 0.315 e. The molecule has 0 aromatic carbocycles. The van der Waals surface area contributed by atoms with Gasteiger partial charge in [-0.05, 0) is 25.7 Å². The summed E-state index contributed by atoms with van der Waals surface area (Å²) in [7, 11) is 0. The summed E-state index contributed by atoms with van der Waals surface area (Å²) < 4.78 is 0. The fraction of sp³-hybridized carbons (Fsp3) is 0.765. The molecule has 0 aliphatic carbocycles. The number of nitrogens with zero attached hydrogens (tertiary/aromatic N) is 1. The highest BCUT2D eigenvalue weighted by Crippen LogP contribution is 2.05. The lowest BCUT2D eigenvalue weighted by molar-refractivity contribution is -0.137. The fourth-order valence-electron chi connectivity index (χ4n) is 2.12. The molecular formula is C17H30N2O4. The molecule has 132 valence electrons. The van der Waals surface area contributed by atoms with E-state index in [0.717, 1.165) is 38.5 Å². The fourth-order valence-corrected chi connectivity index (χ4v) is 2.12. The van der Waals surface area contributed by atoms with Gasteiger partial charge < -0.3 is 20.8 Å². The summed E-state index contributed by atoms with van der Waals surface area (Å²) >= 11 is 0. The largest absolute Gasteiger partial charge is 0.481 e. The van der Waals surface area contributed by atoms with E-state index >= 15 is 0 Å². The van der Waals surface area contributed by atoms with Crippen molar-refractivity contribution >= 4 is 12.0 Å². The van der Waals surface area contributed by atoms with E-state index in [1.54, 1.807) is 0 Å². The summed E-state index contributed by atoms with van der Waals surface area (Å²) in [4.78, 5) is 23.2. The predicted octanol–water partition coefficient (Wildman–Crippen LogP) is 2.35. The number of amides is 2. The van der Waals surface area contributed by atoms with Crippen LogP contribution in [0.2, 0.25) is 0 Å². The predicted molar refractivity (Wildman–Crippen MR) is 89.8 cm³/mol. The van der Waals surface area contributed by atoms with Crippen molar-refractivity contribution in [2.24, 2.45) is 5.73 Å². The number of hydrogen-bond donors (Lipinski definition) is 3. The second-order valence-corrected chi connectivity index (χ2v) is 5.65. The number of carboxylic acids is 1. The third-order valence-electron chi connectivity index (χ3n) is 3.50. The first-order valence-electron chi connectivity index (χ1n) is 8.40. The monoisotopic (exact) mass is 326 g/mol. The number of rotatable bonds is 12. The zero-order valence-corrected chi connectivity index (χ0v) is 14.1. The molecule has 0 unspecified atom stereocenters. The van der Waals surface area contributed by atoms with Gasteiger partial charge >= 0.3 is 12.0 Å². The van der Waals surface area contributed by atoms with E-state index in [0.29, 0.717) is 19.4 Å². The third kappa shape index (κ3) is 13.6. The molecule has 2 amide bonds. The van der Waals surface area contributed by atoms with Gasteiger partial charge in [-0.1, -0.05) is 44.4 Å². The van der Waals surface area contributed by atoms with Crippen molar-refractivity contribution < 1.29 is 19.8 Å². The molecule has 23 heavy (non-hydrogen) atoms. The number of primary amides is 1. The Morgan fingerprint density at radius 3 is 2.43 bits per heavy atom. The van der Waals surface area contributed by atoms with Crippen molar-refractivity contribution in [1.82, 2.24) is 4.90 Å². The van der Waals surface area contributed by atoms with Crippen LogP contribution < -0.4 is 5.73 Å². The van der Waals surface area contributed by atoms with Gasteiger partial charge in [0.2, 0.25) is 0 Å². The Bertz CT molecular complexity index is 401. The number of urea groups is 1. The highest BCUT2D eigenvalue weighted by Gasteiger charge is 2.07. The van der Waals surface area contributed by atoms with E-state index in [-0.39, 0.29) is 13.0 Å². The first-order valence-corrected chi connectivity index (χ1v) is 8.40. The summed E-state index contributed by atoms with van der Waals surface area (Å²) in [6.45, 7) is 2.82. The Labute approximate surface area is 139 Å². The van der Waals surface area contributed by atoms with Crippen LogP contribution in [-0.2, 0) is 4.79 Å². The molecule has 0 aliphatic heterocycles. The van der Waals surface area contributed by atoms with E-state index in [9.17, 15) is 14.7 Å². The highest BCUT2D eigenvalue weighted by molar-refractivity contribution is 5.72. The molecular weight excluding hydrogens is 296 g/mol. The summed E-state index contributed by atoms with van der Waals surface area (Å²) in [5, 5.41) is 18.2. The number of hydrogen-bond acceptors (Lipinski definition) is 3. The normalized spacial score (nSPS) is 11.4. The van der Waals surface area contributed by atoms with E-state index in [4.69, 9.17) is 10.8 Å². The van der Waals surface area contributed by atoms with Gasteiger partial charge in [-0.15, -0.1) is 0 Å². The maximum Gasteiger partial charge on any atom is 0.315 e. The summed E-state index contributed by atoms with van der Waals surface area (Å²) in [5.41, 5.74) is 5.31. The Morgan fingerprint density at radius 1 is 1.13 bits per heavy atom. The maximum absolute atomic E-state index is 11.3. The molecule has 0 heterocycles. The molecule has 6 heteroatoms. The molecule has 0 saturated heterocycles. The minimum absolute atomic E-state index is 0.181. The molecule has 6 nitrogen and oxygen atoms in total. The lowest BCUT2D eigenvalue weighted by Crippen LogP contribution is -2.36. The number of aliphatic hydroxyl groups excluding tert-OH is 1. The van der Waals surface area contributed by atoms with Crippen molar-refractivity contribution in [1.29, 1.82) is 0 Å². The van der Waals surface area contributed by atoms with Gasteiger partial charge in [0.15, 0.2) is 0 Å². The van der Waals surface area contributed by atoms with Crippen LogP contribution >= 0.6 is 0 Å². The van der Waals surface area contributed by atoms with Crippen LogP contribution in [0.3, 0.4) is 0 Å². The number of aliphatic hydroxyl groups is 1. The average Bonchev–Trinajstić information content (AvgIpc) is 2.48. The van der Waals surface area contributed by atoms with E-state index in [1.807, 2.05) is 0 Å². The number of aliphatic carboxylic acids is 1. The topological polar surface area (TPSA) is 104 Å². The second-order valence-electron chi connectivity index (χ2n) is 5.65. The van der Waals surface area contributed by atoms with Gasteiger partial charge in [0.05, 0.1) is 6.54 Å². The van der Waals surface area contributed by atoms with E-state index < -0.39 is 18.1 Å². The maximum atomic E-state index is 11.3. The Morgan fingerprint density at radius 2 is 1.83 bits per heavy atom. The Balaban J connectivity index is 3.94. The molecule has 0 aliphatic rings. The molecule has 0 fully saturated rings. The van der Waals surface area contributed by atoms with Gasteiger partial charge in [0.25, 0.3) is 0 Å². The Kier molecular flexibility index (Phi) is 12.8. The van der Waals surface area contributed by atoms with Gasteiger partial charge in [-0.25, -0.2) is 4.79 Å². The van der Waals surface area contributed by atoms with Crippen molar-refractivity contribution in [3.05, 3.63) is 0 Å². The molecule has 0 aromatic heterocycles. The number of carbonyl (C=O) groups excluding carboxylic acids is 1. The van der Waals surface area contributed by atoms with Crippen molar-refractivity contribution in [2.75, 3.05) is 13.1 Å². The number of carboxylic acid groups (broad SMARTS) is 1. The van der Waals surface area contributed by atoms with Crippen molar-refractivity contribution in [2.45, 2.75) is 70.8 Å². The third-order valence-corrected chi connectivity index (χ3v) is 3.50. The van der Waals surface area contributed by atoms with Gasteiger partial charge in [0, 0.05) is 13.0 Å². The first kappa shape index (κ1) is 21.3. The van der Waals surface area contributed by atoms with Crippen LogP contribution in [0, 0.1) is 11.8 Å². The van der Waals surface area contributed by atoms with E-state index in [1.165, 1.54) is 4.90 Å². The molecule has 0 bridgehead atoms. The zero-order valence-electron chi connectivity index (χ0n) is 14.1. The molecule has 4 N–H and O–H groups in total. The minimum Gasteiger partial charge on any atom is -0.481 e. The van der Waals surface area contributed by atoms with E-state index in [2.05, 4.69) is 18.8 Å². The van der Waals surface area contributed by atoms with Crippen LogP contribution in [0.1, 0.15) is 64.7 Å². The van der Waals surface area contributed by atoms with Crippen molar-refractivity contribution in [3.63, 3.8) is 0 Å². The summed E-state index contributed by atoms with van der Waals surface area (Å²) in [6.07, 6.45) is 6.40. The SMILES string of the molecule is CCCCC[C@H](O)C#CCN(CCCCCCC(=O)O)C(N)=O. The van der Waals surface area contributed by atoms with Gasteiger partial charge in [0.1, 0.15) is 6.10 Å². The van der Waals surface area contributed by atoms with Crippen molar-refractivity contribution in [3.8, 4) is 11.8 Å². The number of unbranched alkanes of at least 4 members (excludes halogenated alkanes) is 5. The lowest BCUT2D eigenvalue weighted by Gasteiger charge is -2.17. The second kappa shape index (κ2) is 13.9. The molecule has 1 atom stereocenters. The molecule has 0 spiro atoms. The molecule has 0 saturated carbocycles. The average molecular weight is 326 g/mol. The number of carbonyl (C=O) groups is 2. The van der Waals surface area contributed by atoms with Crippen LogP contribution in [0.25, 0.3) is 0 Å². The summed E-state index contributed by atoms with van der Waals surface area (Å²) in [5.74, 6) is 4.77. The Hall–Kier alpha value is -1.74. The van der Waals surface area contributed by atoms with Crippen LogP contribution in [-0.4, -0.2) is 46.3 Å². The van der Waals surface area contributed by atoms with Crippen LogP contribution in [0.15, 0.2) is 0 Å². The zero-order chi connectivity index (χ0) is 17.5. The molecule has 0 aromatic rings. The van der Waals surface area contributed by atoms with Crippen LogP contribution in [0.5, 0.6) is 0 Å². The number of nitrogens with two attached hydrogens (primary N) is 1. The summed E-state index contributed by atoms with van der Waals surface area (Å²) in [6, 6.07) is -0.523. The van der Waals surface area contributed by atoms with Gasteiger partial charge in [-0.3, -0.25) is 4.79 Å². The minimum atomic E-state index is -0.781.